The van der Waals surface area contributed by atoms with Gasteiger partial charge in [0.15, 0.2) is 11.6 Å². The van der Waals surface area contributed by atoms with Crippen molar-refractivity contribution in [2.75, 3.05) is 0 Å². The Morgan fingerprint density at radius 1 is 0.882 bits per heavy atom. The number of aryl methyl sites for hydroxylation is 2. The van der Waals surface area contributed by atoms with Crippen LogP contribution in [0.1, 0.15) is 64.1 Å². The maximum Gasteiger partial charge on any atom is 0.163 e. The van der Waals surface area contributed by atoms with Gasteiger partial charge in [-0.25, -0.2) is 0 Å². The normalized spacial score (nSPS) is 10.4. The van der Waals surface area contributed by atoms with E-state index in [0.717, 1.165) is 27.8 Å². The van der Waals surface area contributed by atoms with Gasteiger partial charge in [0.05, 0.1) is 0 Å². The summed E-state index contributed by atoms with van der Waals surface area (Å²) in [5.41, 5.74) is 4.25. The first kappa shape index (κ1) is 13.6. The predicted molar refractivity (Wildman–Crippen MR) is 69.9 cm³/mol. The zero-order chi connectivity index (χ0) is 13.2. The van der Waals surface area contributed by atoms with Crippen LogP contribution in [-0.4, -0.2) is 11.6 Å². The van der Waals surface area contributed by atoms with Crippen molar-refractivity contribution in [2.45, 2.75) is 47.5 Å². The van der Waals surface area contributed by atoms with Crippen molar-refractivity contribution in [2.24, 2.45) is 0 Å². The van der Waals surface area contributed by atoms with E-state index in [1.807, 2.05) is 40.7 Å². The highest BCUT2D eigenvalue weighted by molar-refractivity contribution is 6.05. The number of rotatable bonds is 4. The Labute approximate surface area is 103 Å². The third-order valence-electron chi connectivity index (χ3n) is 3.17. The standard InChI is InChI=1S/C15H20O2/c1-6-12(16)14-9(3)8-10(4)15(11(14)5)13(17)7-2/h8H,6-7H2,1-5H3. The van der Waals surface area contributed by atoms with Crippen molar-refractivity contribution < 1.29 is 9.59 Å². The van der Waals surface area contributed by atoms with Gasteiger partial charge in [0.1, 0.15) is 0 Å². The summed E-state index contributed by atoms with van der Waals surface area (Å²) in [5.74, 6) is 0.232. The molecule has 1 aromatic carbocycles. The van der Waals surface area contributed by atoms with Crippen molar-refractivity contribution in [1.29, 1.82) is 0 Å². The van der Waals surface area contributed by atoms with E-state index in [0.29, 0.717) is 12.8 Å². The van der Waals surface area contributed by atoms with E-state index in [4.69, 9.17) is 0 Å². The lowest BCUT2D eigenvalue weighted by Gasteiger charge is -2.15. The van der Waals surface area contributed by atoms with Crippen LogP contribution in [0.25, 0.3) is 0 Å². The Morgan fingerprint density at radius 3 is 1.53 bits per heavy atom. The van der Waals surface area contributed by atoms with Crippen LogP contribution in [0.5, 0.6) is 0 Å². The molecule has 92 valence electrons. The van der Waals surface area contributed by atoms with Gasteiger partial charge in [0, 0.05) is 24.0 Å². The van der Waals surface area contributed by atoms with Crippen molar-refractivity contribution in [1.82, 2.24) is 0 Å². The fourth-order valence-electron chi connectivity index (χ4n) is 2.40. The van der Waals surface area contributed by atoms with Gasteiger partial charge in [-0.05, 0) is 37.5 Å². The van der Waals surface area contributed by atoms with Crippen molar-refractivity contribution in [3.8, 4) is 0 Å². The average Bonchev–Trinajstić information content (AvgIpc) is 2.27. The Morgan fingerprint density at radius 2 is 1.24 bits per heavy atom. The molecule has 2 nitrogen and oxygen atoms in total. The summed E-state index contributed by atoms with van der Waals surface area (Å²) >= 11 is 0. The Bertz CT molecular complexity index is 430. The fourth-order valence-corrected chi connectivity index (χ4v) is 2.40. The van der Waals surface area contributed by atoms with Crippen LogP contribution in [0.4, 0.5) is 0 Å². The quantitative estimate of drug-likeness (QED) is 0.740. The third kappa shape index (κ3) is 2.46. The van der Waals surface area contributed by atoms with Gasteiger partial charge in [-0.2, -0.15) is 0 Å². The molecule has 0 amide bonds. The minimum absolute atomic E-state index is 0.116. The molecule has 2 heteroatoms. The number of ketones is 2. The highest BCUT2D eigenvalue weighted by atomic mass is 16.1. The van der Waals surface area contributed by atoms with E-state index >= 15 is 0 Å². The molecule has 0 spiro atoms. The number of hydrogen-bond acceptors (Lipinski definition) is 2. The van der Waals surface area contributed by atoms with Gasteiger partial charge < -0.3 is 0 Å². The van der Waals surface area contributed by atoms with Gasteiger partial charge >= 0.3 is 0 Å². The summed E-state index contributed by atoms with van der Waals surface area (Å²) in [6, 6.07) is 1.94. The molecule has 0 saturated heterocycles. The second-order valence-corrected chi connectivity index (χ2v) is 4.44. The molecule has 0 aliphatic heterocycles. The molecule has 0 aliphatic rings. The number of benzene rings is 1. The number of carbonyl (C=O) groups excluding carboxylic acids is 2. The van der Waals surface area contributed by atoms with E-state index in [9.17, 15) is 9.59 Å². The molecule has 0 bridgehead atoms. The minimum Gasteiger partial charge on any atom is -0.294 e. The largest absolute Gasteiger partial charge is 0.294 e. The molecular weight excluding hydrogens is 212 g/mol. The maximum absolute atomic E-state index is 11.9. The first-order chi connectivity index (χ1) is 7.93. The molecular formula is C15H20O2. The molecule has 0 N–H and O–H groups in total. The van der Waals surface area contributed by atoms with Crippen LogP contribution in [-0.2, 0) is 0 Å². The van der Waals surface area contributed by atoms with Crippen LogP contribution in [0.15, 0.2) is 6.07 Å². The van der Waals surface area contributed by atoms with Crippen molar-refractivity contribution in [3.05, 3.63) is 33.9 Å². The maximum atomic E-state index is 11.9. The Balaban J connectivity index is 3.54. The first-order valence-electron chi connectivity index (χ1n) is 6.11. The fraction of sp³-hybridized carbons (Fsp3) is 0.467. The Kier molecular flexibility index (Phi) is 4.22. The highest BCUT2D eigenvalue weighted by Gasteiger charge is 2.18. The SMILES string of the molecule is CCC(=O)c1c(C)cc(C)c(C(=O)CC)c1C. The van der Waals surface area contributed by atoms with Crippen LogP contribution in [0.2, 0.25) is 0 Å². The summed E-state index contributed by atoms with van der Waals surface area (Å²) in [4.78, 5) is 23.8. The van der Waals surface area contributed by atoms with E-state index in [-0.39, 0.29) is 11.6 Å². The monoisotopic (exact) mass is 232 g/mol. The molecule has 0 radical (unpaired) electrons. The van der Waals surface area contributed by atoms with Gasteiger partial charge in [-0.15, -0.1) is 0 Å². The van der Waals surface area contributed by atoms with Crippen LogP contribution < -0.4 is 0 Å². The molecule has 0 heterocycles. The van der Waals surface area contributed by atoms with Crippen molar-refractivity contribution >= 4 is 11.6 Å². The second kappa shape index (κ2) is 5.26. The smallest absolute Gasteiger partial charge is 0.163 e. The van der Waals surface area contributed by atoms with E-state index in [2.05, 4.69) is 0 Å². The van der Waals surface area contributed by atoms with E-state index < -0.39 is 0 Å². The highest BCUT2D eigenvalue weighted by Crippen LogP contribution is 2.24. The number of carbonyl (C=O) groups is 2. The lowest BCUT2D eigenvalue weighted by molar-refractivity contribution is 0.0987. The molecule has 0 aliphatic carbocycles. The van der Waals surface area contributed by atoms with Gasteiger partial charge in [-0.1, -0.05) is 19.9 Å². The van der Waals surface area contributed by atoms with E-state index in [1.54, 1.807) is 0 Å². The third-order valence-corrected chi connectivity index (χ3v) is 3.17. The van der Waals surface area contributed by atoms with Gasteiger partial charge in [0.25, 0.3) is 0 Å². The summed E-state index contributed by atoms with van der Waals surface area (Å²) in [7, 11) is 0. The lowest BCUT2D eigenvalue weighted by Crippen LogP contribution is -2.11. The predicted octanol–water partition coefficient (Wildman–Crippen LogP) is 3.80. The molecule has 1 aromatic rings. The number of Topliss-reactive ketones (excluding diaryl/α,β-unsaturated/α-hetero) is 2. The Hall–Kier alpha value is -1.44. The molecule has 0 atom stereocenters. The van der Waals surface area contributed by atoms with Crippen molar-refractivity contribution in [3.63, 3.8) is 0 Å². The molecule has 0 fully saturated rings. The summed E-state index contributed by atoms with van der Waals surface area (Å²) in [5, 5.41) is 0. The molecule has 0 aromatic heterocycles. The first-order valence-corrected chi connectivity index (χ1v) is 6.11. The lowest BCUT2D eigenvalue weighted by atomic mass is 9.88. The van der Waals surface area contributed by atoms with Crippen LogP contribution in [0, 0.1) is 20.8 Å². The minimum atomic E-state index is 0.116. The topological polar surface area (TPSA) is 34.1 Å². The van der Waals surface area contributed by atoms with Crippen LogP contribution in [0.3, 0.4) is 0 Å². The molecule has 0 unspecified atom stereocenters. The van der Waals surface area contributed by atoms with E-state index in [1.165, 1.54) is 0 Å². The zero-order valence-corrected chi connectivity index (χ0v) is 11.3. The van der Waals surface area contributed by atoms with Gasteiger partial charge in [0.2, 0.25) is 0 Å². The summed E-state index contributed by atoms with van der Waals surface area (Å²) in [6.45, 7) is 9.45. The molecule has 1 rings (SSSR count). The van der Waals surface area contributed by atoms with Gasteiger partial charge in [-0.3, -0.25) is 9.59 Å². The zero-order valence-electron chi connectivity index (χ0n) is 11.3. The average molecular weight is 232 g/mol. The second-order valence-electron chi connectivity index (χ2n) is 4.44. The molecule has 17 heavy (non-hydrogen) atoms. The number of hydrogen-bond donors (Lipinski definition) is 0. The van der Waals surface area contributed by atoms with Crippen LogP contribution >= 0.6 is 0 Å². The summed E-state index contributed by atoms with van der Waals surface area (Å²) < 4.78 is 0. The summed E-state index contributed by atoms with van der Waals surface area (Å²) in [6.07, 6.45) is 0.953. The molecule has 0 saturated carbocycles.